The van der Waals surface area contributed by atoms with Gasteiger partial charge in [-0.1, -0.05) is 109 Å². The molecular weight excluding hydrogens is 331 g/mol. The number of carbonyl (C=O) groups excluding carboxylic acids is 1. The summed E-state index contributed by atoms with van der Waals surface area (Å²) in [4.78, 5) is 11.7. The van der Waals surface area contributed by atoms with Gasteiger partial charge in [0.1, 0.15) is 5.75 Å². The van der Waals surface area contributed by atoms with E-state index in [1.54, 1.807) is 0 Å². The normalized spacial score (nSPS) is 10.3. The molecule has 1 rings (SSSR count). The summed E-state index contributed by atoms with van der Waals surface area (Å²) < 4.78 is 5.29. The molecule has 0 spiro atoms. The minimum atomic E-state index is -0.106. The van der Waals surface area contributed by atoms with Gasteiger partial charge in [0.15, 0.2) is 0 Å². The second kappa shape index (κ2) is 19.5. The number of rotatable bonds is 16. The molecule has 0 aromatic heterocycles. The first kappa shape index (κ1) is 25.7. The van der Waals surface area contributed by atoms with Gasteiger partial charge in [0.2, 0.25) is 0 Å². The van der Waals surface area contributed by atoms with E-state index in [0.29, 0.717) is 12.2 Å². The topological polar surface area (TPSA) is 26.3 Å². The summed E-state index contributed by atoms with van der Waals surface area (Å²) in [6.45, 7) is 2.27. The van der Waals surface area contributed by atoms with E-state index in [-0.39, 0.29) is 35.5 Å². The van der Waals surface area contributed by atoms with Crippen molar-refractivity contribution in [2.75, 3.05) is 0 Å². The number of benzene rings is 1. The molecule has 0 amide bonds. The molecular formula is C23H39NaO2. The fourth-order valence-corrected chi connectivity index (χ4v) is 3.13. The Morgan fingerprint density at radius 1 is 0.692 bits per heavy atom. The van der Waals surface area contributed by atoms with Gasteiger partial charge in [0, 0.05) is 6.42 Å². The number of hydrogen-bond acceptors (Lipinski definition) is 2. The van der Waals surface area contributed by atoms with E-state index < -0.39 is 0 Å². The van der Waals surface area contributed by atoms with Crippen LogP contribution in [0, 0.1) is 0 Å². The van der Waals surface area contributed by atoms with Crippen molar-refractivity contribution in [3.8, 4) is 5.75 Å². The Hall–Kier alpha value is -0.310. The van der Waals surface area contributed by atoms with E-state index in [1.807, 2.05) is 30.3 Å². The number of esters is 1. The van der Waals surface area contributed by atoms with Crippen LogP contribution in [-0.2, 0) is 4.79 Å². The Bertz CT molecular complexity index is 419. The van der Waals surface area contributed by atoms with Crippen molar-refractivity contribution in [1.82, 2.24) is 0 Å². The van der Waals surface area contributed by atoms with Crippen LogP contribution in [0.15, 0.2) is 30.3 Å². The average molecular weight is 371 g/mol. The Kier molecular flexibility index (Phi) is 19.2. The van der Waals surface area contributed by atoms with Crippen LogP contribution in [-0.4, -0.2) is 35.5 Å². The fourth-order valence-electron chi connectivity index (χ4n) is 3.13. The molecule has 0 aliphatic rings. The molecule has 0 bridgehead atoms. The molecule has 0 unspecified atom stereocenters. The molecule has 144 valence electrons. The van der Waals surface area contributed by atoms with E-state index in [9.17, 15) is 4.79 Å². The van der Waals surface area contributed by atoms with Crippen molar-refractivity contribution in [1.29, 1.82) is 0 Å². The molecule has 0 aliphatic heterocycles. The van der Waals surface area contributed by atoms with Crippen LogP contribution in [0.3, 0.4) is 0 Å². The van der Waals surface area contributed by atoms with E-state index >= 15 is 0 Å². The maximum absolute atomic E-state index is 11.7. The quantitative estimate of drug-likeness (QED) is 0.138. The summed E-state index contributed by atoms with van der Waals surface area (Å²) in [6, 6.07) is 9.33. The Morgan fingerprint density at radius 2 is 1.12 bits per heavy atom. The van der Waals surface area contributed by atoms with Crippen molar-refractivity contribution in [2.45, 2.75) is 103 Å². The van der Waals surface area contributed by atoms with Crippen molar-refractivity contribution < 1.29 is 9.53 Å². The molecule has 0 saturated heterocycles. The van der Waals surface area contributed by atoms with Crippen LogP contribution in [0.25, 0.3) is 0 Å². The number of para-hydroxylation sites is 1. The zero-order valence-electron chi connectivity index (χ0n) is 16.3. The number of unbranched alkanes of at least 4 members (excludes halogenated alkanes) is 13. The monoisotopic (exact) mass is 370 g/mol. The van der Waals surface area contributed by atoms with Crippen LogP contribution in [0.5, 0.6) is 5.75 Å². The van der Waals surface area contributed by atoms with Gasteiger partial charge < -0.3 is 4.74 Å². The molecule has 0 atom stereocenters. The van der Waals surface area contributed by atoms with Crippen LogP contribution in [0.1, 0.15) is 103 Å². The van der Waals surface area contributed by atoms with Gasteiger partial charge in [-0.05, 0) is 18.6 Å². The summed E-state index contributed by atoms with van der Waals surface area (Å²) in [5.74, 6) is 0.544. The van der Waals surface area contributed by atoms with Crippen LogP contribution >= 0.6 is 0 Å². The predicted molar refractivity (Wildman–Crippen MR) is 114 cm³/mol. The Labute approximate surface area is 183 Å². The molecule has 0 saturated carbocycles. The van der Waals surface area contributed by atoms with Gasteiger partial charge in [-0.15, -0.1) is 0 Å². The van der Waals surface area contributed by atoms with Gasteiger partial charge in [0.25, 0.3) is 0 Å². The molecule has 0 radical (unpaired) electrons. The van der Waals surface area contributed by atoms with Crippen LogP contribution < -0.4 is 4.74 Å². The molecule has 0 N–H and O–H groups in total. The van der Waals surface area contributed by atoms with E-state index in [2.05, 4.69) is 6.92 Å². The first-order chi connectivity index (χ1) is 12.3. The molecule has 1 aromatic rings. The maximum atomic E-state index is 11.7. The minimum absolute atomic E-state index is 0. The van der Waals surface area contributed by atoms with Crippen LogP contribution in [0.4, 0.5) is 0 Å². The van der Waals surface area contributed by atoms with E-state index in [4.69, 9.17) is 4.74 Å². The van der Waals surface area contributed by atoms with Crippen molar-refractivity contribution in [3.05, 3.63) is 30.3 Å². The van der Waals surface area contributed by atoms with Gasteiger partial charge in [-0.25, -0.2) is 0 Å². The van der Waals surface area contributed by atoms with Crippen LogP contribution in [0.2, 0.25) is 0 Å². The molecule has 0 aliphatic carbocycles. The molecule has 1 aromatic carbocycles. The Balaban J connectivity index is 0.00000625. The van der Waals surface area contributed by atoms with Gasteiger partial charge in [-0.3, -0.25) is 4.79 Å². The third-order valence-corrected chi connectivity index (χ3v) is 4.71. The molecule has 2 nitrogen and oxygen atoms in total. The van der Waals surface area contributed by atoms with E-state index in [0.717, 1.165) is 12.8 Å². The SMILES string of the molecule is CCCCCCCCCCCCCCCCC(=O)Oc1ccccc1.[NaH]. The summed E-state index contributed by atoms with van der Waals surface area (Å²) in [5.41, 5.74) is 0. The van der Waals surface area contributed by atoms with Crippen molar-refractivity contribution in [3.63, 3.8) is 0 Å². The van der Waals surface area contributed by atoms with E-state index in [1.165, 1.54) is 77.0 Å². The van der Waals surface area contributed by atoms with Gasteiger partial charge in [0.05, 0.1) is 0 Å². The molecule has 26 heavy (non-hydrogen) atoms. The number of ether oxygens (including phenoxy) is 1. The molecule has 0 heterocycles. The predicted octanol–water partition coefficient (Wildman–Crippen LogP) is 6.81. The summed E-state index contributed by atoms with van der Waals surface area (Å²) in [6.07, 6.45) is 19.2. The van der Waals surface area contributed by atoms with Crippen molar-refractivity contribution in [2.24, 2.45) is 0 Å². The Morgan fingerprint density at radius 3 is 1.58 bits per heavy atom. The zero-order chi connectivity index (χ0) is 18.0. The number of carbonyl (C=O) groups is 1. The fraction of sp³-hybridized carbons (Fsp3) is 0.696. The van der Waals surface area contributed by atoms with Gasteiger partial charge in [-0.2, -0.15) is 0 Å². The summed E-state index contributed by atoms with van der Waals surface area (Å²) in [5, 5.41) is 0. The standard InChI is InChI=1S/C23H38O2.Na.H/c1-2-3-4-5-6-7-8-9-10-11-12-13-14-18-21-23(24)25-22-19-16-15-17-20-22;;/h15-17,19-20H,2-14,18,21H2,1H3;;. The third-order valence-electron chi connectivity index (χ3n) is 4.71. The molecule has 3 heteroatoms. The first-order valence-corrected chi connectivity index (χ1v) is 10.6. The first-order valence-electron chi connectivity index (χ1n) is 10.6. The second-order valence-corrected chi connectivity index (χ2v) is 7.13. The summed E-state index contributed by atoms with van der Waals surface area (Å²) in [7, 11) is 0. The van der Waals surface area contributed by atoms with Gasteiger partial charge >= 0.3 is 35.5 Å². The van der Waals surface area contributed by atoms with Crippen molar-refractivity contribution >= 4 is 35.5 Å². The zero-order valence-corrected chi connectivity index (χ0v) is 16.3. The average Bonchev–Trinajstić information content (AvgIpc) is 2.63. The second-order valence-electron chi connectivity index (χ2n) is 7.13. The number of hydrogen-bond donors (Lipinski definition) is 0. The summed E-state index contributed by atoms with van der Waals surface area (Å²) >= 11 is 0. The molecule has 0 fully saturated rings. The third kappa shape index (κ3) is 15.9.